The maximum atomic E-state index is 12.1. The van der Waals surface area contributed by atoms with Gasteiger partial charge in [0, 0.05) is 16.7 Å². The normalized spacial score (nSPS) is 13.8. The van der Waals surface area contributed by atoms with Crippen LogP contribution in [0.5, 0.6) is 0 Å². The number of anilines is 1. The molecule has 1 aliphatic heterocycles. The maximum Gasteiger partial charge on any atom is 0.353 e. The summed E-state index contributed by atoms with van der Waals surface area (Å²) in [5, 5.41) is 17.5. The van der Waals surface area contributed by atoms with Crippen molar-refractivity contribution in [1.82, 2.24) is 10.2 Å². The lowest BCUT2D eigenvalue weighted by Gasteiger charge is -2.08. The minimum Gasteiger partial charge on any atom is -0.477 e. The van der Waals surface area contributed by atoms with E-state index in [1.165, 1.54) is 27.8 Å². The summed E-state index contributed by atoms with van der Waals surface area (Å²) in [6, 6.07) is 3.20. The molecule has 20 heavy (non-hydrogen) atoms. The lowest BCUT2D eigenvalue weighted by atomic mass is 10.2. The van der Waals surface area contributed by atoms with E-state index in [9.17, 15) is 9.59 Å². The predicted octanol–water partition coefficient (Wildman–Crippen LogP) is 2.21. The van der Waals surface area contributed by atoms with E-state index in [4.69, 9.17) is 5.11 Å². The SMILES string of the molecule is O=C(O)c1cc(NC(=O)c2cc3c(s2)CCSC3)n[nH]1. The number of hydrogen-bond donors (Lipinski definition) is 3. The summed E-state index contributed by atoms with van der Waals surface area (Å²) in [7, 11) is 0. The first kappa shape index (κ1) is 13.2. The molecule has 0 aromatic carbocycles. The molecule has 3 heterocycles. The monoisotopic (exact) mass is 309 g/mol. The number of amides is 1. The number of fused-ring (bicyclic) bond motifs is 1. The maximum absolute atomic E-state index is 12.1. The highest BCUT2D eigenvalue weighted by Gasteiger charge is 2.18. The van der Waals surface area contributed by atoms with Gasteiger partial charge in [0.15, 0.2) is 5.82 Å². The van der Waals surface area contributed by atoms with Crippen LogP contribution in [0.3, 0.4) is 0 Å². The smallest absolute Gasteiger partial charge is 0.353 e. The average Bonchev–Trinajstić information content (AvgIpc) is 3.04. The van der Waals surface area contributed by atoms with Crippen LogP contribution in [-0.4, -0.2) is 32.9 Å². The summed E-state index contributed by atoms with van der Waals surface area (Å²) in [5.41, 5.74) is 1.17. The predicted molar refractivity (Wildman–Crippen MR) is 77.7 cm³/mol. The van der Waals surface area contributed by atoms with E-state index in [1.54, 1.807) is 0 Å². The first-order valence-corrected chi connectivity index (χ1v) is 7.90. The molecule has 0 aliphatic carbocycles. The Morgan fingerprint density at radius 2 is 2.25 bits per heavy atom. The van der Waals surface area contributed by atoms with Gasteiger partial charge in [-0.3, -0.25) is 9.89 Å². The second-order valence-corrected chi connectivity index (χ2v) is 6.53. The molecule has 2 aromatic rings. The lowest BCUT2D eigenvalue weighted by molar-refractivity contribution is 0.0690. The molecule has 0 fully saturated rings. The van der Waals surface area contributed by atoms with Crippen molar-refractivity contribution >= 4 is 40.8 Å². The van der Waals surface area contributed by atoms with Gasteiger partial charge in [-0.25, -0.2) is 4.79 Å². The van der Waals surface area contributed by atoms with Crippen molar-refractivity contribution in [1.29, 1.82) is 0 Å². The molecule has 3 rings (SSSR count). The summed E-state index contributed by atoms with van der Waals surface area (Å²) >= 11 is 3.36. The van der Waals surface area contributed by atoms with Gasteiger partial charge in [0.2, 0.25) is 0 Å². The Balaban J connectivity index is 1.75. The number of thioether (sulfide) groups is 1. The number of H-pyrrole nitrogens is 1. The van der Waals surface area contributed by atoms with Crippen LogP contribution in [0.15, 0.2) is 12.1 Å². The van der Waals surface area contributed by atoms with Crippen LogP contribution in [0.2, 0.25) is 0 Å². The largest absolute Gasteiger partial charge is 0.477 e. The number of aromatic carboxylic acids is 1. The molecule has 0 bridgehead atoms. The minimum atomic E-state index is -1.11. The van der Waals surface area contributed by atoms with Gasteiger partial charge in [-0.15, -0.1) is 11.3 Å². The van der Waals surface area contributed by atoms with Crippen molar-refractivity contribution in [2.24, 2.45) is 0 Å². The Morgan fingerprint density at radius 3 is 2.95 bits per heavy atom. The fourth-order valence-corrected chi connectivity index (χ4v) is 4.20. The number of nitrogens with zero attached hydrogens (tertiary/aromatic N) is 1. The Hall–Kier alpha value is -1.80. The number of aromatic nitrogens is 2. The summed E-state index contributed by atoms with van der Waals surface area (Å²) in [5.74, 6) is 0.897. The molecule has 0 saturated carbocycles. The quantitative estimate of drug-likeness (QED) is 0.808. The third kappa shape index (κ3) is 2.56. The van der Waals surface area contributed by atoms with E-state index < -0.39 is 5.97 Å². The molecule has 2 aromatic heterocycles. The number of nitrogens with one attached hydrogen (secondary N) is 2. The van der Waals surface area contributed by atoms with Gasteiger partial charge in [0.1, 0.15) is 5.69 Å². The standard InChI is InChI=1S/C12H11N3O3S2/c16-11(13-10-4-7(12(17)18)14-15-10)9-3-6-5-19-2-1-8(6)20-9/h3-4H,1-2,5H2,(H,17,18)(H2,13,14,15,16). The highest BCUT2D eigenvalue weighted by atomic mass is 32.2. The van der Waals surface area contributed by atoms with Gasteiger partial charge in [-0.1, -0.05) is 0 Å². The van der Waals surface area contributed by atoms with Crippen LogP contribution in [0, 0.1) is 0 Å². The minimum absolute atomic E-state index is 0.0535. The second kappa shape index (κ2) is 5.29. The third-order valence-corrected chi connectivity index (χ3v) is 5.15. The molecule has 6 nitrogen and oxygen atoms in total. The molecule has 0 atom stereocenters. The molecule has 104 valence electrons. The van der Waals surface area contributed by atoms with Gasteiger partial charge >= 0.3 is 5.97 Å². The van der Waals surface area contributed by atoms with Crippen LogP contribution in [0.4, 0.5) is 5.82 Å². The Labute approximate surface area is 122 Å². The Morgan fingerprint density at radius 1 is 1.40 bits per heavy atom. The van der Waals surface area contributed by atoms with Crippen molar-refractivity contribution in [3.63, 3.8) is 0 Å². The van der Waals surface area contributed by atoms with Crippen LogP contribution in [-0.2, 0) is 12.2 Å². The van der Waals surface area contributed by atoms with E-state index in [0.717, 1.165) is 17.9 Å². The van der Waals surface area contributed by atoms with Crippen LogP contribution < -0.4 is 5.32 Å². The second-order valence-electron chi connectivity index (χ2n) is 4.29. The number of aryl methyl sites for hydroxylation is 1. The fraction of sp³-hybridized carbons (Fsp3) is 0.250. The summed E-state index contributed by atoms with van der Waals surface area (Å²) in [6.45, 7) is 0. The molecule has 0 radical (unpaired) electrons. The zero-order valence-corrected chi connectivity index (χ0v) is 11.9. The first-order valence-electron chi connectivity index (χ1n) is 5.93. The average molecular weight is 309 g/mol. The summed E-state index contributed by atoms with van der Waals surface area (Å²) in [6.07, 6.45) is 1.00. The van der Waals surface area contributed by atoms with Crippen LogP contribution >= 0.6 is 23.1 Å². The van der Waals surface area contributed by atoms with Crippen LogP contribution in [0.1, 0.15) is 30.6 Å². The van der Waals surface area contributed by atoms with Crippen LogP contribution in [0.25, 0.3) is 0 Å². The van der Waals surface area contributed by atoms with E-state index in [-0.39, 0.29) is 17.4 Å². The van der Waals surface area contributed by atoms with E-state index in [0.29, 0.717) is 4.88 Å². The van der Waals surface area contributed by atoms with Crippen molar-refractivity contribution in [3.05, 3.63) is 33.1 Å². The molecule has 0 saturated heterocycles. The summed E-state index contributed by atoms with van der Waals surface area (Å²) < 4.78 is 0. The number of carbonyl (C=O) groups is 2. The summed E-state index contributed by atoms with van der Waals surface area (Å²) in [4.78, 5) is 24.7. The van der Waals surface area contributed by atoms with Gasteiger partial charge in [-0.2, -0.15) is 16.9 Å². The lowest BCUT2D eigenvalue weighted by Crippen LogP contribution is -2.10. The molecule has 8 heteroatoms. The molecule has 1 amide bonds. The van der Waals surface area contributed by atoms with Gasteiger partial charge in [-0.05, 0) is 23.8 Å². The molecule has 1 aliphatic rings. The molecular weight excluding hydrogens is 298 g/mol. The van der Waals surface area contributed by atoms with E-state index >= 15 is 0 Å². The third-order valence-electron chi connectivity index (χ3n) is 2.90. The molecule has 0 unspecified atom stereocenters. The fourth-order valence-electron chi connectivity index (χ4n) is 1.93. The Bertz CT molecular complexity index is 654. The zero-order valence-electron chi connectivity index (χ0n) is 10.3. The van der Waals surface area contributed by atoms with Crippen molar-refractivity contribution in [3.8, 4) is 0 Å². The highest BCUT2D eigenvalue weighted by Crippen LogP contribution is 2.31. The van der Waals surface area contributed by atoms with E-state index in [1.807, 2.05) is 17.8 Å². The topological polar surface area (TPSA) is 95.1 Å². The van der Waals surface area contributed by atoms with Crippen molar-refractivity contribution in [2.45, 2.75) is 12.2 Å². The number of aromatic amines is 1. The molecule has 0 spiro atoms. The molecular formula is C12H11N3O3S2. The first-order chi connectivity index (χ1) is 9.63. The number of rotatable bonds is 3. The number of carboxylic acid groups (broad SMARTS) is 1. The zero-order chi connectivity index (χ0) is 14.1. The number of hydrogen-bond acceptors (Lipinski definition) is 5. The van der Waals surface area contributed by atoms with Gasteiger partial charge in [0.05, 0.1) is 4.88 Å². The van der Waals surface area contributed by atoms with Gasteiger partial charge in [0.25, 0.3) is 5.91 Å². The van der Waals surface area contributed by atoms with Crippen molar-refractivity contribution in [2.75, 3.05) is 11.1 Å². The van der Waals surface area contributed by atoms with Gasteiger partial charge < -0.3 is 10.4 Å². The number of thiophene rings is 1. The number of carboxylic acids is 1. The Kier molecular flexibility index (Phi) is 3.49. The van der Waals surface area contributed by atoms with E-state index in [2.05, 4.69) is 15.5 Å². The van der Waals surface area contributed by atoms with Crippen molar-refractivity contribution < 1.29 is 14.7 Å². The number of carbonyl (C=O) groups excluding carboxylic acids is 1. The molecule has 3 N–H and O–H groups in total. The highest BCUT2D eigenvalue weighted by molar-refractivity contribution is 7.98.